The van der Waals surface area contributed by atoms with Crippen molar-refractivity contribution < 1.29 is 14.3 Å². The Bertz CT molecular complexity index is 1260. The van der Waals surface area contributed by atoms with Crippen LogP contribution in [0.25, 0.3) is 5.69 Å². The van der Waals surface area contributed by atoms with Crippen LogP contribution in [0.15, 0.2) is 59.7 Å². The van der Waals surface area contributed by atoms with Gasteiger partial charge in [0.05, 0.1) is 19.0 Å². The van der Waals surface area contributed by atoms with E-state index in [0.717, 1.165) is 34.1 Å². The Morgan fingerprint density at radius 2 is 1.60 bits per heavy atom. The van der Waals surface area contributed by atoms with Crippen molar-refractivity contribution in [1.29, 1.82) is 0 Å². The van der Waals surface area contributed by atoms with Gasteiger partial charge >= 0.3 is 11.8 Å². The van der Waals surface area contributed by atoms with Crippen molar-refractivity contribution in [1.82, 2.24) is 14.9 Å². The Kier molecular flexibility index (Phi) is 7.19. The van der Waals surface area contributed by atoms with E-state index in [2.05, 4.69) is 39.1 Å². The summed E-state index contributed by atoms with van der Waals surface area (Å²) in [6, 6.07) is 18.0. The molecule has 1 aromatic heterocycles. The van der Waals surface area contributed by atoms with Gasteiger partial charge in [-0.1, -0.05) is 30.3 Å². The van der Waals surface area contributed by atoms with Crippen LogP contribution in [0.3, 0.4) is 0 Å². The van der Waals surface area contributed by atoms with Crippen molar-refractivity contribution in [2.45, 2.75) is 20.8 Å². The van der Waals surface area contributed by atoms with Crippen LogP contribution in [0.4, 0.5) is 5.69 Å². The highest BCUT2D eigenvalue weighted by Gasteiger charge is 2.27. The van der Waals surface area contributed by atoms with Crippen LogP contribution < -0.4 is 15.1 Å². The monoisotopic (exact) mass is 473 g/mol. The first-order valence-corrected chi connectivity index (χ1v) is 11.7. The minimum Gasteiger partial charge on any atom is -0.495 e. The average Bonchev–Trinajstić information content (AvgIpc) is 3.16. The van der Waals surface area contributed by atoms with E-state index in [0.29, 0.717) is 26.2 Å². The summed E-state index contributed by atoms with van der Waals surface area (Å²) in [4.78, 5) is 28.8. The van der Waals surface area contributed by atoms with E-state index in [1.54, 1.807) is 18.2 Å². The minimum atomic E-state index is -0.736. The van der Waals surface area contributed by atoms with Crippen molar-refractivity contribution >= 4 is 23.7 Å². The average molecular weight is 474 g/mol. The van der Waals surface area contributed by atoms with Crippen LogP contribution in [0.1, 0.15) is 22.5 Å². The second-order valence-electron chi connectivity index (χ2n) is 8.60. The van der Waals surface area contributed by atoms with Gasteiger partial charge in [-0.3, -0.25) is 9.59 Å². The number of carbonyl (C=O) groups is 2. The lowest BCUT2D eigenvalue weighted by molar-refractivity contribution is -0.146. The number of aromatic nitrogens is 1. The lowest BCUT2D eigenvalue weighted by atomic mass is 10.2. The predicted molar refractivity (Wildman–Crippen MR) is 138 cm³/mol. The number of ether oxygens (including phenoxy) is 1. The molecule has 4 rings (SSSR count). The molecule has 8 nitrogen and oxygen atoms in total. The third-order valence-electron chi connectivity index (χ3n) is 6.38. The normalized spacial score (nSPS) is 13.8. The molecule has 0 atom stereocenters. The van der Waals surface area contributed by atoms with E-state index in [1.807, 2.05) is 56.3 Å². The summed E-state index contributed by atoms with van der Waals surface area (Å²) < 4.78 is 7.59. The molecule has 1 aliphatic rings. The molecule has 8 heteroatoms. The van der Waals surface area contributed by atoms with Gasteiger partial charge in [-0.05, 0) is 50.6 Å². The Labute approximate surface area is 205 Å². The standard InChI is InChI=1S/C27H31N5O3/c1-19-9-5-6-10-23(19)32-20(2)17-22(21(32)3)18-28-29-26(33)27(34)31-15-13-30(14-16-31)24-11-7-8-12-25(24)35-4/h5-12,17-18H,13-16H2,1-4H3,(H,29,33)/b28-18-. The molecule has 1 aliphatic heterocycles. The van der Waals surface area contributed by atoms with Gasteiger partial charge in [-0.2, -0.15) is 5.10 Å². The number of nitrogens with one attached hydrogen (secondary N) is 1. The molecule has 3 aromatic rings. The van der Waals surface area contributed by atoms with Gasteiger partial charge < -0.3 is 19.1 Å². The fraction of sp³-hybridized carbons (Fsp3) is 0.296. The van der Waals surface area contributed by atoms with Crippen molar-refractivity contribution in [2.75, 3.05) is 38.2 Å². The second-order valence-corrected chi connectivity index (χ2v) is 8.60. The van der Waals surface area contributed by atoms with Crippen molar-refractivity contribution in [2.24, 2.45) is 5.10 Å². The smallest absolute Gasteiger partial charge is 0.329 e. The summed E-state index contributed by atoms with van der Waals surface area (Å²) in [5, 5.41) is 4.06. The number of rotatable bonds is 5. The zero-order valence-corrected chi connectivity index (χ0v) is 20.6. The lowest BCUT2D eigenvalue weighted by Crippen LogP contribution is -2.52. The molecule has 1 fully saturated rings. The number of hydrogen-bond donors (Lipinski definition) is 1. The number of hydrazone groups is 1. The molecular weight excluding hydrogens is 442 g/mol. The van der Waals surface area contributed by atoms with Gasteiger partial charge in [0.15, 0.2) is 0 Å². The summed E-state index contributed by atoms with van der Waals surface area (Å²) in [6.07, 6.45) is 1.59. The highest BCUT2D eigenvalue weighted by molar-refractivity contribution is 6.35. The van der Waals surface area contributed by atoms with Gasteiger partial charge in [0.25, 0.3) is 0 Å². The topological polar surface area (TPSA) is 79.2 Å². The van der Waals surface area contributed by atoms with Gasteiger partial charge in [0.2, 0.25) is 0 Å². The molecule has 0 aliphatic carbocycles. The fourth-order valence-electron chi connectivity index (χ4n) is 4.50. The van der Waals surface area contributed by atoms with Crippen molar-refractivity contribution in [3.8, 4) is 11.4 Å². The lowest BCUT2D eigenvalue weighted by Gasteiger charge is -2.36. The molecule has 182 valence electrons. The Morgan fingerprint density at radius 3 is 2.29 bits per heavy atom. The first-order valence-electron chi connectivity index (χ1n) is 11.7. The molecule has 1 N–H and O–H groups in total. The van der Waals surface area contributed by atoms with Crippen LogP contribution in [0.5, 0.6) is 5.75 Å². The SMILES string of the molecule is COc1ccccc1N1CCN(C(=O)C(=O)N/N=C\c2cc(C)n(-c3ccccc3C)c2C)CC1. The first kappa shape index (κ1) is 24.1. The number of methoxy groups -OCH3 is 1. The van der Waals surface area contributed by atoms with Gasteiger partial charge in [0, 0.05) is 48.8 Å². The number of amides is 2. The number of anilines is 1. The highest BCUT2D eigenvalue weighted by atomic mass is 16.5. The zero-order chi connectivity index (χ0) is 24.9. The number of piperazine rings is 1. The predicted octanol–water partition coefficient (Wildman–Crippen LogP) is 3.21. The van der Waals surface area contributed by atoms with Crippen LogP contribution in [0.2, 0.25) is 0 Å². The molecule has 2 aromatic carbocycles. The summed E-state index contributed by atoms with van der Waals surface area (Å²) in [6.45, 7) is 8.25. The number of hydrogen-bond acceptors (Lipinski definition) is 5. The van der Waals surface area contributed by atoms with Crippen molar-refractivity contribution in [3.63, 3.8) is 0 Å². The molecule has 1 saturated heterocycles. The number of nitrogens with zero attached hydrogens (tertiary/aromatic N) is 4. The summed E-state index contributed by atoms with van der Waals surface area (Å²) in [7, 11) is 1.64. The second kappa shape index (κ2) is 10.5. The third kappa shape index (κ3) is 5.06. The summed E-state index contributed by atoms with van der Waals surface area (Å²) in [5.74, 6) is -0.520. The maximum Gasteiger partial charge on any atom is 0.329 e. The van der Waals surface area contributed by atoms with Crippen molar-refractivity contribution in [3.05, 3.63) is 77.1 Å². The molecule has 0 radical (unpaired) electrons. The maximum absolute atomic E-state index is 12.6. The van der Waals surface area contributed by atoms with E-state index in [9.17, 15) is 9.59 Å². The Hall–Kier alpha value is -4.07. The minimum absolute atomic E-state index is 0.450. The number of benzene rings is 2. The summed E-state index contributed by atoms with van der Waals surface area (Å²) >= 11 is 0. The Morgan fingerprint density at radius 1 is 0.943 bits per heavy atom. The molecular formula is C27H31N5O3. The van der Waals surface area contributed by atoms with Crippen LogP contribution >= 0.6 is 0 Å². The van der Waals surface area contributed by atoms with E-state index in [4.69, 9.17) is 4.74 Å². The van der Waals surface area contributed by atoms with Gasteiger partial charge in [0.1, 0.15) is 5.75 Å². The number of aryl methyl sites for hydroxylation is 2. The molecule has 0 spiro atoms. The summed E-state index contributed by atoms with van der Waals surface area (Å²) in [5.41, 5.74) is 8.60. The molecule has 0 bridgehead atoms. The maximum atomic E-state index is 12.6. The van der Waals surface area contributed by atoms with Gasteiger partial charge in [-0.25, -0.2) is 5.43 Å². The zero-order valence-electron chi connectivity index (χ0n) is 20.6. The van der Waals surface area contributed by atoms with Crippen LogP contribution in [0, 0.1) is 20.8 Å². The first-order chi connectivity index (χ1) is 16.9. The largest absolute Gasteiger partial charge is 0.495 e. The molecule has 0 saturated carbocycles. The number of para-hydroxylation sites is 3. The molecule has 2 heterocycles. The van der Waals surface area contributed by atoms with E-state index >= 15 is 0 Å². The third-order valence-corrected chi connectivity index (χ3v) is 6.38. The van der Waals surface area contributed by atoms with Crippen LogP contribution in [-0.4, -0.2) is 60.8 Å². The van der Waals surface area contributed by atoms with Crippen LogP contribution in [-0.2, 0) is 9.59 Å². The Balaban J connectivity index is 1.36. The fourth-order valence-corrected chi connectivity index (χ4v) is 4.50. The quantitative estimate of drug-likeness (QED) is 0.351. The van der Waals surface area contributed by atoms with E-state index in [-0.39, 0.29) is 0 Å². The molecule has 0 unspecified atom stereocenters. The molecule has 2 amide bonds. The van der Waals surface area contributed by atoms with Gasteiger partial charge in [-0.15, -0.1) is 0 Å². The van der Waals surface area contributed by atoms with E-state index in [1.165, 1.54) is 5.56 Å². The number of carbonyl (C=O) groups excluding carboxylic acids is 2. The molecule has 35 heavy (non-hydrogen) atoms. The van der Waals surface area contributed by atoms with E-state index < -0.39 is 11.8 Å². The highest BCUT2D eigenvalue weighted by Crippen LogP contribution is 2.28.